The van der Waals surface area contributed by atoms with Crippen molar-refractivity contribution in [2.75, 3.05) is 6.61 Å². The van der Waals surface area contributed by atoms with Gasteiger partial charge in [0.1, 0.15) is 6.04 Å². The highest BCUT2D eigenvalue weighted by Gasteiger charge is 2.28. The van der Waals surface area contributed by atoms with Crippen molar-refractivity contribution >= 4 is 18.7 Å². The van der Waals surface area contributed by atoms with E-state index in [1.54, 1.807) is 6.82 Å². The molecule has 3 unspecified atom stereocenters. The molecule has 0 aliphatic heterocycles. The Labute approximate surface area is 182 Å². The molecule has 6 nitrogen and oxygen atoms in total. The molecule has 0 saturated carbocycles. The van der Waals surface area contributed by atoms with Crippen LogP contribution in [-0.2, 0) is 22.4 Å². The van der Waals surface area contributed by atoms with Crippen molar-refractivity contribution in [1.82, 2.24) is 10.6 Å². The van der Waals surface area contributed by atoms with Crippen LogP contribution in [0.5, 0.6) is 0 Å². The van der Waals surface area contributed by atoms with E-state index in [0.29, 0.717) is 18.8 Å². The zero-order valence-electron chi connectivity index (χ0n) is 19.1. The molecule has 0 bridgehead atoms. The Hall–Kier alpha value is -1.86. The summed E-state index contributed by atoms with van der Waals surface area (Å²) in [6.45, 7) is 8.47. The van der Waals surface area contributed by atoms with Gasteiger partial charge in [0.2, 0.25) is 11.8 Å². The second-order valence-corrected chi connectivity index (χ2v) is 8.37. The molecule has 0 saturated heterocycles. The zero-order valence-corrected chi connectivity index (χ0v) is 19.1. The van der Waals surface area contributed by atoms with Gasteiger partial charge >= 0.3 is 6.92 Å². The van der Waals surface area contributed by atoms with E-state index in [4.69, 9.17) is 0 Å². The van der Waals surface area contributed by atoms with E-state index in [1.807, 2.05) is 39.8 Å². The summed E-state index contributed by atoms with van der Waals surface area (Å²) >= 11 is 0. The van der Waals surface area contributed by atoms with Gasteiger partial charge in [-0.1, -0.05) is 58.8 Å². The van der Waals surface area contributed by atoms with E-state index in [-0.39, 0.29) is 11.8 Å². The molecule has 1 aliphatic rings. The van der Waals surface area contributed by atoms with Crippen molar-refractivity contribution < 1.29 is 19.7 Å². The van der Waals surface area contributed by atoms with Gasteiger partial charge < -0.3 is 20.8 Å². The fourth-order valence-corrected chi connectivity index (χ4v) is 3.82. The fourth-order valence-electron chi connectivity index (χ4n) is 3.82. The number of carbonyl (C=O) groups excluding carboxylic acids is 2. The summed E-state index contributed by atoms with van der Waals surface area (Å²) in [6, 6.07) is 7.29. The molecule has 1 aromatic carbocycles. The lowest BCUT2D eigenvalue weighted by Gasteiger charge is -2.26. The van der Waals surface area contributed by atoms with Gasteiger partial charge in [-0.3, -0.25) is 9.59 Å². The molecule has 2 rings (SSSR count). The molecule has 0 aromatic heterocycles. The SMILES string of the molecule is CB(O)C(CC(C)C)NC(=O)C(CO)NC(=O)CC1CCc2ccccc2C1.CC. The Morgan fingerprint density at radius 3 is 2.37 bits per heavy atom. The van der Waals surface area contributed by atoms with Crippen molar-refractivity contribution in [3.63, 3.8) is 0 Å². The number of aryl methyl sites for hydroxylation is 1. The van der Waals surface area contributed by atoms with Crippen LogP contribution in [-0.4, -0.2) is 47.5 Å². The quantitative estimate of drug-likeness (QED) is 0.463. The zero-order chi connectivity index (χ0) is 22.7. The number of rotatable bonds is 9. The minimum Gasteiger partial charge on any atom is -0.449 e. The third kappa shape index (κ3) is 8.48. The normalized spacial score (nSPS) is 17.1. The van der Waals surface area contributed by atoms with E-state index in [1.165, 1.54) is 11.1 Å². The molecule has 30 heavy (non-hydrogen) atoms. The van der Waals surface area contributed by atoms with E-state index < -0.39 is 31.4 Å². The summed E-state index contributed by atoms with van der Waals surface area (Å²) in [5.74, 6) is -0.555. The number of carbonyl (C=O) groups is 2. The lowest BCUT2D eigenvalue weighted by molar-refractivity contribution is -0.130. The predicted octanol–water partition coefficient (Wildman–Crippen LogP) is 2.37. The second kappa shape index (κ2) is 13.4. The highest BCUT2D eigenvalue weighted by Crippen LogP contribution is 2.27. The lowest BCUT2D eigenvalue weighted by Crippen LogP contribution is -2.55. The smallest absolute Gasteiger partial charge is 0.308 e. The van der Waals surface area contributed by atoms with Crippen LogP contribution in [0, 0.1) is 11.8 Å². The maximum absolute atomic E-state index is 12.5. The Morgan fingerprint density at radius 2 is 1.80 bits per heavy atom. The van der Waals surface area contributed by atoms with Crippen LogP contribution < -0.4 is 10.6 Å². The molecule has 7 heteroatoms. The van der Waals surface area contributed by atoms with Crippen LogP contribution in [0.3, 0.4) is 0 Å². The maximum Gasteiger partial charge on any atom is 0.308 e. The Kier molecular flexibility index (Phi) is 11.7. The molecule has 2 amide bonds. The predicted molar refractivity (Wildman–Crippen MR) is 122 cm³/mol. The average Bonchev–Trinajstić information content (AvgIpc) is 2.72. The molecule has 3 atom stereocenters. The highest BCUT2D eigenvalue weighted by molar-refractivity contribution is 6.51. The van der Waals surface area contributed by atoms with Crippen LogP contribution in [0.2, 0.25) is 6.82 Å². The standard InChI is InChI=1S/C21H33BN2O4.C2H6/c1-14(2)10-19(22(3)28)24-21(27)18(13-25)23-20(26)12-15-8-9-16-6-4-5-7-17(16)11-15;1-2/h4-7,14-15,18-19,25,28H,8-13H2,1-3H3,(H,23,26)(H,24,27);1-2H3. The van der Waals surface area contributed by atoms with Gasteiger partial charge in [-0.15, -0.1) is 0 Å². The number of hydrogen-bond acceptors (Lipinski definition) is 4. The summed E-state index contributed by atoms with van der Waals surface area (Å²) in [5.41, 5.74) is 2.64. The van der Waals surface area contributed by atoms with Crippen molar-refractivity contribution in [3.8, 4) is 0 Å². The summed E-state index contributed by atoms with van der Waals surface area (Å²) < 4.78 is 0. The van der Waals surface area contributed by atoms with E-state index in [9.17, 15) is 19.7 Å². The topological polar surface area (TPSA) is 98.7 Å². The van der Waals surface area contributed by atoms with Crippen LogP contribution in [0.25, 0.3) is 0 Å². The van der Waals surface area contributed by atoms with Gasteiger partial charge in [0.15, 0.2) is 0 Å². The number of amides is 2. The summed E-state index contributed by atoms with van der Waals surface area (Å²) in [6.07, 6.45) is 3.72. The van der Waals surface area contributed by atoms with Crippen LogP contribution >= 0.6 is 0 Å². The molecular formula is C23H39BN2O4. The Morgan fingerprint density at radius 1 is 1.17 bits per heavy atom. The van der Waals surface area contributed by atoms with Crippen molar-refractivity contribution in [3.05, 3.63) is 35.4 Å². The Bertz CT molecular complexity index is 666. The van der Waals surface area contributed by atoms with E-state index >= 15 is 0 Å². The van der Waals surface area contributed by atoms with Gasteiger partial charge in [-0.05, 0) is 48.6 Å². The summed E-state index contributed by atoms with van der Waals surface area (Å²) in [7, 11) is 0. The van der Waals surface area contributed by atoms with Crippen molar-refractivity contribution in [1.29, 1.82) is 0 Å². The number of nitrogens with one attached hydrogen (secondary N) is 2. The molecule has 0 radical (unpaired) electrons. The first-order valence-electron chi connectivity index (χ1n) is 11.3. The second-order valence-electron chi connectivity index (χ2n) is 8.37. The number of aliphatic hydroxyl groups excluding tert-OH is 1. The number of aliphatic hydroxyl groups is 1. The van der Waals surface area contributed by atoms with Gasteiger partial charge in [-0.25, -0.2) is 0 Å². The maximum atomic E-state index is 12.5. The molecule has 168 valence electrons. The molecular weight excluding hydrogens is 379 g/mol. The highest BCUT2D eigenvalue weighted by atomic mass is 16.3. The van der Waals surface area contributed by atoms with Crippen molar-refractivity contribution in [2.45, 2.75) is 78.6 Å². The molecule has 1 aromatic rings. The summed E-state index contributed by atoms with van der Waals surface area (Å²) in [4.78, 5) is 24.9. The minimum atomic E-state index is -1.00. The first kappa shape index (κ1) is 26.2. The van der Waals surface area contributed by atoms with Crippen molar-refractivity contribution in [2.24, 2.45) is 11.8 Å². The monoisotopic (exact) mass is 418 g/mol. The number of hydrogen-bond donors (Lipinski definition) is 4. The third-order valence-corrected chi connectivity index (χ3v) is 5.39. The molecule has 0 heterocycles. The first-order valence-corrected chi connectivity index (χ1v) is 11.3. The van der Waals surface area contributed by atoms with E-state index in [0.717, 1.165) is 19.3 Å². The summed E-state index contributed by atoms with van der Waals surface area (Å²) in [5, 5.41) is 24.9. The first-order chi connectivity index (χ1) is 14.3. The molecule has 0 spiro atoms. The van der Waals surface area contributed by atoms with Crippen LogP contribution in [0.4, 0.5) is 0 Å². The molecule has 4 N–H and O–H groups in total. The van der Waals surface area contributed by atoms with Crippen LogP contribution in [0.15, 0.2) is 24.3 Å². The van der Waals surface area contributed by atoms with Gasteiger partial charge in [0.25, 0.3) is 0 Å². The van der Waals surface area contributed by atoms with Gasteiger partial charge in [0, 0.05) is 12.4 Å². The van der Waals surface area contributed by atoms with Crippen LogP contribution in [0.1, 0.15) is 58.1 Å². The fraction of sp³-hybridized carbons (Fsp3) is 0.652. The lowest BCUT2D eigenvalue weighted by atomic mass is 9.61. The third-order valence-electron chi connectivity index (χ3n) is 5.39. The average molecular weight is 418 g/mol. The Balaban J connectivity index is 0.00000218. The minimum absolute atomic E-state index is 0.226. The molecule has 1 aliphatic carbocycles. The largest absolute Gasteiger partial charge is 0.449 e. The number of fused-ring (bicyclic) bond motifs is 1. The van der Waals surface area contributed by atoms with E-state index in [2.05, 4.69) is 22.8 Å². The van der Waals surface area contributed by atoms with Gasteiger partial charge in [-0.2, -0.15) is 0 Å². The van der Waals surface area contributed by atoms with Gasteiger partial charge in [0.05, 0.1) is 6.61 Å². The molecule has 0 fully saturated rings. The number of benzene rings is 1.